The van der Waals surface area contributed by atoms with Gasteiger partial charge in [0.15, 0.2) is 0 Å². The molecule has 0 aliphatic heterocycles. The molecule has 1 aromatic heterocycles. The average molecular weight is 323 g/mol. The van der Waals surface area contributed by atoms with Crippen LogP contribution < -0.4 is 4.74 Å². The molecule has 1 aliphatic carbocycles. The summed E-state index contributed by atoms with van der Waals surface area (Å²) in [6.45, 7) is 0.954. The van der Waals surface area contributed by atoms with Crippen molar-refractivity contribution >= 4 is 17.0 Å². The number of carbonyl (C=O) groups excluding carboxylic acids is 1. The van der Waals surface area contributed by atoms with Gasteiger partial charge in [-0.2, -0.15) is 15.4 Å². The summed E-state index contributed by atoms with van der Waals surface area (Å²) >= 11 is 0. The molecule has 0 amide bonds. The molecule has 0 atom stereocenters. The highest BCUT2D eigenvalue weighted by atomic mass is 16.5. The van der Waals surface area contributed by atoms with E-state index in [1.54, 1.807) is 24.3 Å². The van der Waals surface area contributed by atoms with Crippen molar-refractivity contribution in [3.63, 3.8) is 0 Å². The Balaban J connectivity index is 1.34. The second-order valence-electron chi connectivity index (χ2n) is 6.00. The van der Waals surface area contributed by atoms with Gasteiger partial charge in [-0.3, -0.25) is 0 Å². The summed E-state index contributed by atoms with van der Waals surface area (Å²) in [5.74, 6) is 1.13. The van der Waals surface area contributed by atoms with Crippen LogP contribution in [0.15, 0.2) is 42.5 Å². The summed E-state index contributed by atoms with van der Waals surface area (Å²) in [5, 5.41) is 10.6. The summed E-state index contributed by atoms with van der Waals surface area (Å²) in [6, 6.07) is 12.6. The molecule has 6 heteroatoms. The number of fused-ring (bicyclic) bond motifs is 1. The van der Waals surface area contributed by atoms with E-state index in [0.29, 0.717) is 11.5 Å². The largest absolute Gasteiger partial charge is 0.493 e. The van der Waals surface area contributed by atoms with Crippen molar-refractivity contribution in [1.29, 1.82) is 0 Å². The number of ether oxygens (including phenoxy) is 2. The average Bonchev–Trinajstić information content (AvgIpc) is 3.33. The fraction of sp³-hybridized carbons (Fsp3) is 0.278. The van der Waals surface area contributed by atoms with Crippen molar-refractivity contribution < 1.29 is 14.3 Å². The number of benzene rings is 2. The van der Waals surface area contributed by atoms with Crippen LogP contribution in [0.5, 0.6) is 5.75 Å². The van der Waals surface area contributed by atoms with Gasteiger partial charge < -0.3 is 9.47 Å². The first-order valence-corrected chi connectivity index (χ1v) is 7.97. The molecule has 3 aromatic rings. The zero-order valence-electron chi connectivity index (χ0n) is 13.1. The quantitative estimate of drug-likeness (QED) is 0.705. The zero-order chi connectivity index (χ0) is 16.4. The highest BCUT2D eigenvalue weighted by Gasteiger charge is 2.21. The molecule has 1 aliphatic rings. The van der Waals surface area contributed by atoms with Crippen LogP contribution in [0.4, 0.5) is 0 Å². The van der Waals surface area contributed by atoms with Crippen molar-refractivity contribution in [2.45, 2.75) is 19.4 Å². The fourth-order valence-corrected chi connectivity index (χ4v) is 2.39. The Kier molecular flexibility index (Phi) is 3.86. The van der Waals surface area contributed by atoms with E-state index in [9.17, 15) is 4.79 Å². The van der Waals surface area contributed by atoms with E-state index in [-0.39, 0.29) is 12.6 Å². The minimum Gasteiger partial charge on any atom is -0.493 e. The highest BCUT2D eigenvalue weighted by Crippen LogP contribution is 2.29. The highest BCUT2D eigenvalue weighted by molar-refractivity contribution is 5.89. The number of H-pyrrole nitrogens is 1. The van der Waals surface area contributed by atoms with Crippen LogP contribution >= 0.6 is 0 Å². The molecule has 6 nitrogen and oxygen atoms in total. The van der Waals surface area contributed by atoms with Gasteiger partial charge in [-0.1, -0.05) is 6.07 Å². The third-order valence-electron chi connectivity index (χ3n) is 4.02. The van der Waals surface area contributed by atoms with E-state index >= 15 is 0 Å². The molecule has 0 unspecified atom stereocenters. The predicted octanol–water partition coefficient (Wildman–Crippen LogP) is 3.10. The molecule has 1 heterocycles. The van der Waals surface area contributed by atoms with E-state index in [2.05, 4.69) is 15.4 Å². The van der Waals surface area contributed by atoms with E-state index in [1.807, 2.05) is 18.2 Å². The number of hydrogen-bond acceptors (Lipinski definition) is 5. The summed E-state index contributed by atoms with van der Waals surface area (Å²) in [5.41, 5.74) is 2.91. The first-order chi connectivity index (χ1) is 11.8. The summed E-state index contributed by atoms with van der Waals surface area (Å²) < 4.78 is 11.0. The molecule has 1 N–H and O–H groups in total. The third-order valence-corrected chi connectivity index (χ3v) is 4.02. The van der Waals surface area contributed by atoms with E-state index in [4.69, 9.17) is 9.47 Å². The second-order valence-corrected chi connectivity index (χ2v) is 6.00. The summed E-state index contributed by atoms with van der Waals surface area (Å²) in [6.07, 6.45) is 2.51. The van der Waals surface area contributed by atoms with E-state index in [0.717, 1.165) is 29.0 Å². The Morgan fingerprint density at radius 1 is 1.08 bits per heavy atom. The molecule has 1 saturated carbocycles. The Hall–Kier alpha value is -2.89. The number of aromatic amines is 1. The van der Waals surface area contributed by atoms with Gasteiger partial charge in [-0.05, 0) is 60.7 Å². The first-order valence-electron chi connectivity index (χ1n) is 7.97. The van der Waals surface area contributed by atoms with E-state index < -0.39 is 0 Å². The van der Waals surface area contributed by atoms with Crippen LogP contribution in [0.1, 0.15) is 28.8 Å². The molecule has 2 aromatic carbocycles. The molecule has 0 spiro atoms. The maximum Gasteiger partial charge on any atom is 0.338 e. The number of carbonyl (C=O) groups is 1. The van der Waals surface area contributed by atoms with Gasteiger partial charge >= 0.3 is 5.97 Å². The lowest BCUT2D eigenvalue weighted by molar-refractivity contribution is 0.0473. The zero-order valence-corrected chi connectivity index (χ0v) is 13.1. The maximum atomic E-state index is 12.1. The van der Waals surface area contributed by atoms with Crippen molar-refractivity contribution in [2.75, 3.05) is 6.61 Å². The fourth-order valence-electron chi connectivity index (χ4n) is 2.39. The Morgan fingerprint density at radius 2 is 1.88 bits per heavy atom. The van der Waals surface area contributed by atoms with Crippen molar-refractivity contribution in [3.8, 4) is 5.75 Å². The molecular formula is C18H17N3O3. The van der Waals surface area contributed by atoms with Crippen LogP contribution in [0.25, 0.3) is 11.0 Å². The van der Waals surface area contributed by atoms with Gasteiger partial charge in [0.1, 0.15) is 23.4 Å². The molecule has 122 valence electrons. The second kappa shape index (κ2) is 6.31. The third kappa shape index (κ3) is 3.37. The van der Waals surface area contributed by atoms with Crippen LogP contribution in [-0.4, -0.2) is 28.0 Å². The Morgan fingerprint density at radius 3 is 2.67 bits per heavy atom. The molecule has 0 bridgehead atoms. The maximum absolute atomic E-state index is 12.1. The standard InChI is InChI=1S/C18H17N3O3/c22-18(14-4-6-15(7-5-14)23-10-12-1-2-12)24-11-13-3-8-16-17(9-13)20-21-19-16/h3-9,12H,1-2,10-11H2,(H,19,20,21). The normalized spacial score (nSPS) is 13.8. The molecule has 0 radical (unpaired) electrons. The van der Waals surface area contributed by atoms with Crippen molar-refractivity contribution in [3.05, 3.63) is 53.6 Å². The van der Waals surface area contributed by atoms with Gasteiger partial charge in [0.2, 0.25) is 0 Å². The Bertz CT molecular complexity index is 853. The predicted molar refractivity (Wildman–Crippen MR) is 87.7 cm³/mol. The number of rotatable bonds is 6. The van der Waals surface area contributed by atoms with Gasteiger partial charge in [-0.15, -0.1) is 0 Å². The number of aromatic nitrogens is 3. The number of esters is 1. The minimum absolute atomic E-state index is 0.196. The van der Waals surface area contributed by atoms with Crippen LogP contribution in [0.3, 0.4) is 0 Å². The number of nitrogens with zero attached hydrogens (tertiary/aromatic N) is 2. The molecular weight excluding hydrogens is 306 g/mol. The van der Waals surface area contributed by atoms with Crippen LogP contribution in [0, 0.1) is 5.92 Å². The monoisotopic (exact) mass is 323 g/mol. The van der Waals surface area contributed by atoms with Crippen LogP contribution in [-0.2, 0) is 11.3 Å². The SMILES string of the molecule is O=C(OCc1ccc2n[nH]nc2c1)c1ccc(OCC2CC2)cc1. The minimum atomic E-state index is -0.357. The van der Waals surface area contributed by atoms with Crippen LogP contribution in [0.2, 0.25) is 0 Å². The molecule has 0 saturated heterocycles. The Labute approximate surface area is 138 Å². The van der Waals surface area contributed by atoms with Gasteiger partial charge in [0, 0.05) is 0 Å². The molecule has 1 fully saturated rings. The van der Waals surface area contributed by atoms with Gasteiger partial charge in [-0.25, -0.2) is 4.79 Å². The van der Waals surface area contributed by atoms with Crippen molar-refractivity contribution in [2.24, 2.45) is 5.92 Å². The summed E-state index contributed by atoms with van der Waals surface area (Å²) in [7, 11) is 0. The lowest BCUT2D eigenvalue weighted by Crippen LogP contribution is -2.05. The first kappa shape index (κ1) is 14.7. The lowest BCUT2D eigenvalue weighted by atomic mass is 10.2. The lowest BCUT2D eigenvalue weighted by Gasteiger charge is -2.07. The molecule has 4 rings (SSSR count). The topological polar surface area (TPSA) is 77.1 Å². The van der Waals surface area contributed by atoms with Gasteiger partial charge in [0.25, 0.3) is 0 Å². The number of hydrogen-bond donors (Lipinski definition) is 1. The van der Waals surface area contributed by atoms with Crippen molar-refractivity contribution in [1.82, 2.24) is 15.4 Å². The smallest absolute Gasteiger partial charge is 0.338 e. The van der Waals surface area contributed by atoms with Gasteiger partial charge in [0.05, 0.1) is 12.2 Å². The molecule has 24 heavy (non-hydrogen) atoms. The number of nitrogens with one attached hydrogen (secondary N) is 1. The van der Waals surface area contributed by atoms with E-state index in [1.165, 1.54) is 12.8 Å². The summed E-state index contributed by atoms with van der Waals surface area (Å²) in [4.78, 5) is 12.1.